The van der Waals surface area contributed by atoms with E-state index in [2.05, 4.69) is 30.3 Å². The maximum absolute atomic E-state index is 3.52. The Bertz CT molecular complexity index is 120. The highest BCUT2D eigenvalue weighted by Gasteiger charge is 1.98. The molecule has 0 aliphatic heterocycles. The number of rotatable bonds is 11. The quantitative estimate of drug-likeness (QED) is 0.551. The molecule has 1 N–H and O–H groups in total. The van der Waals surface area contributed by atoms with Crippen molar-refractivity contribution in [3.8, 4) is 0 Å². The predicted octanol–water partition coefficient (Wildman–Crippen LogP) is 2.45. The molecule has 0 spiro atoms. The molecule has 0 amide bonds. The van der Waals surface area contributed by atoms with Crippen LogP contribution in [0.25, 0.3) is 0 Å². The van der Waals surface area contributed by atoms with E-state index in [1.807, 2.05) is 11.8 Å². The maximum Gasteiger partial charge on any atom is 0.0107 e. The van der Waals surface area contributed by atoms with Crippen molar-refractivity contribution in [2.24, 2.45) is 0 Å². The Morgan fingerprint density at radius 3 is 2.47 bits per heavy atom. The number of likely N-dealkylation sites (N-methyl/N-ethyl adjacent to an activating group) is 1. The smallest absolute Gasteiger partial charge is 0.0107 e. The molecular weight excluding hydrogens is 204 g/mol. The third-order valence-electron chi connectivity index (χ3n) is 2.54. The van der Waals surface area contributed by atoms with Gasteiger partial charge in [0.2, 0.25) is 0 Å². The van der Waals surface area contributed by atoms with Crippen molar-refractivity contribution < 1.29 is 0 Å². The van der Waals surface area contributed by atoms with Crippen LogP contribution in [0.3, 0.4) is 0 Å². The zero-order valence-electron chi connectivity index (χ0n) is 10.7. The van der Waals surface area contributed by atoms with E-state index in [0.29, 0.717) is 0 Å². The number of thioether (sulfide) groups is 1. The molecule has 0 saturated carbocycles. The minimum Gasteiger partial charge on any atom is -0.315 e. The standard InChI is InChI=1S/C12H28N2S/c1-4-10-14(5-2)11-9-13-8-6-7-12-15-3/h13H,4-12H2,1-3H3. The Hall–Kier alpha value is 0.270. The fourth-order valence-corrected chi connectivity index (χ4v) is 2.10. The van der Waals surface area contributed by atoms with Gasteiger partial charge in [-0.25, -0.2) is 0 Å². The minimum atomic E-state index is 1.15. The molecular formula is C12H28N2S. The first-order valence-corrected chi connectivity index (χ1v) is 7.66. The highest BCUT2D eigenvalue weighted by molar-refractivity contribution is 7.98. The Morgan fingerprint density at radius 2 is 1.87 bits per heavy atom. The topological polar surface area (TPSA) is 15.3 Å². The van der Waals surface area contributed by atoms with Crippen LogP contribution in [0.2, 0.25) is 0 Å². The maximum atomic E-state index is 3.52. The lowest BCUT2D eigenvalue weighted by atomic mass is 10.3. The summed E-state index contributed by atoms with van der Waals surface area (Å²) in [6.07, 6.45) is 6.11. The summed E-state index contributed by atoms with van der Waals surface area (Å²) in [4.78, 5) is 2.51. The number of hydrogen-bond donors (Lipinski definition) is 1. The lowest BCUT2D eigenvalue weighted by Gasteiger charge is -2.19. The van der Waals surface area contributed by atoms with Gasteiger partial charge >= 0.3 is 0 Å². The molecule has 15 heavy (non-hydrogen) atoms. The van der Waals surface area contributed by atoms with Gasteiger partial charge in [-0.1, -0.05) is 13.8 Å². The summed E-state index contributed by atoms with van der Waals surface area (Å²) in [5.74, 6) is 1.30. The van der Waals surface area contributed by atoms with Gasteiger partial charge in [0.25, 0.3) is 0 Å². The fourth-order valence-electron chi connectivity index (χ4n) is 1.60. The lowest BCUT2D eigenvalue weighted by Crippen LogP contribution is -2.33. The second-order valence-corrected chi connectivity index (χ2v) is 4.87. The summed E-state index contributed by atoms with van der Waals surface area (Å²) in [6, 6.07) is 0. The average molecular weight is 232 g/mol. The normalized spacial score (nSPS) is 11.2. The fraction of sp³-hybridized carbons (Fsp3) is 1.00. The molecule has 0 heterocycles. The molecule has 2 nitrogen and oxygen atoms in total. The average Bonchev–Trinajstić information content (AvgIpc) is 2.26. The Labute approximate surface area is 100 Å². The zero-order chi connectivity index (χ0) is 11.4. The van der Waals surface area contributed by atoms with Gasteiger partial charge in [0.05, 0.1) is 0 Å². The summed E-state index contributed by atoms with van der Waals surface area (Å²) in [6.45, 7) is 10.4. The van der Waals surface area contributed by atoms with Gasteiger partial charge in [-0.2, -0.15) is 11.8 Å². The number of hydrogen-bond acceptors (Lipinski definition) is 3. The molecule has 92 valence electrons. The molecule has 0 saturated heterocycles. The highest BCUT2D eigenvalue weighted by atomic mass is 32.2. The molecule has 0 aromatic rings. The van der Waals surface area contributed by atoms with Crippen molar-refractivity contribution >= 4 is 11.8 Å². The van der Waals surface area contributed by atoms with Gasteiger partial charge in [-0.15, -0.1) is 0 Å². The summed E-state index contributed by atoms with van der Waals surface area (Å²) in [7, 11) is 0. The van der Waals surface area contributed by atoms with Crippen LogP contribution in [0.4, 0.5) is 0 Å². The van der Waals surface area contributed by atoms with Gasteiger partial charge in [-0.05, 0) is 50.9 Å². The molecule has 0 radical (unpaired) electrons. The molecule has 0 unspecified atom stereocenters. The van der Waals surface area contributed by atoms with E-state index < -0.39 is 0 Å². The molecule has 0 aliphatic rings. The van der Waals surface area contributed by atoms with E-state index in [0.717, 1.165) is 6.54 Å². The third-order valence-corrected chi connectivity index (χ3v) is 3.24. The molecule has 3 heteroatoms. The second-order valence-electron chi connectivity index (χ2n) is 3.88. The molecule has 0 aromatic carbocycles. The summed E-state index contributed by atoms with van der Waals surface area (Å²) >= 11 is 1.94. The van der Waals surface area contributed by atoms with Gasteiger partial charge in [0, 0.05) is 13.1 Å². The lowest BCUT2D eigenvalue weighted by molar-refractivity contribution is 0.288. The molecule has 0 aliphatic carbocycles. The predicted molar refractivity (Wildman–Crippen MR) is 72.9 cm³/mol. The second kappa shape index (κ2) is 12.3. The Balaban J connectivity index is 3.14. The Morgan fingerprint density at radius 1 is 1.07 bits per heavy atom. The van der Waals surface area contributed by atoms with Crippen LogP contribution in [-0.2, 0) is 0 Å². The first-order valence-electron chi connectivity index (χ1n) is 6.27. The summed E-state index contributed by atoms with van der Waals surface area (Å²) in [5.41, 5.74) is 0. The number of nitrogens with one attached hydrogen (secondary N) is 1. The van der Waals surface area contributed by atoms with Crippen molar-refractivity contribution in [2.75, 3.05) is 44.7 Å². The van der Waals surface area contributed by atoms with Gasteiger partial charge in [0.1, 0.15) is 0 Å². The van der Waals surface area contributed by atoms with Crippen LogP contribution < -0.4 is 5.32 Å². The molecule has 0 fully saturated rings. The van der Waals surface area contributed by atoms with Gasteiger partial charge in [0.15, 0.2) is 0 Å². The minimum absolute atomic E-state index is 1.15. The largest absolute Gasteiger partial charge is 0.315 e. The third kappa shape index (κ3) is 10.6. The first kappa shape index (κ1) is 15.3. The van der Waals surface area contributed by atoms with Crippen molar-refractivity contribution in [3.05, 3.63) is 0 Å². The zero-order valence-corrected chi connectivity index (χ0v) is 11.5. The van der Waals surface area contributed by atoms with Crippen LogP contribution in [-0.4, -0.2) is 49.6 Å². The van der Waals surface area contributed by atoms with Gasteiger partial charge < -0.3 is 10.2 Å². The number of nitrogens with zero attached hydrogens (tertiary/aromatic N) is 1. The summed E-state index contributed by atoms with van der Waals surface area (Å²) in [5, 5.41) is 3.52. The van der Waals surface area contributed by atoms with Crippen LogP contribution >= 0.6 is 11.8 Å². The van der Waals surface area contributed by atoms with Crippen LogP contribution in [0.5, 0.6) is 0 Å². The van der Waals surface area contributed by atoms with Crippen LogP contribution in [0.1, 0.15) is 33.1 Å². The molecule has 0 rings (SSSR count). The van der Waals surface area contributed by atoms with Crippen LogP contribution in [0.15, 0.2) is 0 Å². The van der Waals surface area contributed by atoms with Crippen molar-refractivity contribution in [1.82, 2.24) is 10.2 Å². The van der Waals surface area contributed by atoms with Crippen molar-refractivity contribution in [3.63, 3.8) is 0 Å². The summed E-state index contributed by atoms with van der Waals surface area (Å²) < 4.78 is 0. The van der Waals surface area contributed by atoms with E-state index in [1.165, 1.54) is 51.2 Å². The van der Waals surface area contributed by atoms with E-state index in [-0.39, 0.29) is 0 Å². The molecule has 0 atom stereocenters. The first-order chi connectivity index (χ1) is 7.35. The Kier molecular flexibility index (Phi) is 12.6. The monoisotopic (exact) mass is 232 g/mol. The van der Waals surface area contributed by atoms with Gasteiger partial charge in [-0.3, -0.25) is 0 Å². The number of unbranched alkanes of at least 4 members (excludes halogenated alkanes) is 1. The molecule has 0 bridgehead atoms. The van der Waals surface area contributed by atoms with E-state index in [9.17, 15) is 0 Å². The van der Waals surface area contributed by atoms with E-state index in [4.69, 9.17) is 0 Å². The van der Waals surface area contributed by atoms with E-state index in [1.54, 1.807) is 0 Å². The highest BCUT2D eigenvalue weighted by Crippen LogP contribution is 1.97. The van der Waals surface area contributed by atoms with Crippen LogP contribution in [0, 0.1) is 0 Å². The van der Waals surface area contributed by atoms with Crippen molar-refractivity contribution in [2.45, 2.75) is 33.1 Å². The van der Waals surface area contributed by atoms with Crippen molar-refractivity contribution in [1.29, 1.82) is 0 Å². The SMILES string of the molecule is CCCN(CC)CCNCCCCSC. The molecule has 0 aromatic heterocycles. The van der Waals surface area contributed by atoms with E-state index >= 15 is 0 Å².